The molecule has 0 aliphatic heterocycles. The van der Waals surface area contributed by atoms with Gasteiger partial charge >= 0.3 is 0 Å². The fourth-order valence-corrected chi connectivity index (χ4v) is 3.06. The van der Waals surface area contributed by atoms with Crippen molar-refractivity contribution in [1.29, 1.82) is 0 Å². The number of carbonyl (C=O) groups is 1. The van der Waals surface area contributed by atoms with E-state index >= 15 is 0 Å². The minimum Gasteiger partial charge on any atom is -0.338 e. The van der Waals surface area contributed by atoms with Gasteiger partial charge in [-0.3, -0.25) is 15.6 Å². The van der Waals surface area contributed by atoms with Crippen LogP contribution in [0.4, 0.5) is 5.69 Å². The molecule has 2 atom stereocenters. The third-order valence-electron chi connectivity index (χ3n) is 4.31. The van der Waals surface area contributed by atoms with E-state index in [9.17, 15) is 4.79 Å². The Labute approximate surface area is 120 Å². The fourth-order valence-electron chi connectivity index (χ4n) is 3.06. The standard InChI is InChI=1S/C15H24N4O/c1-10-6-4-5-7-14(10)19(3)15(20)12-9-17-11(2)8-13(12)18-16/h8-10,14H,4-7,16H2,1-3H3,(H,17,18). The van der Waals surface area contributed by atoms with Gasteiger partial charge in [-0.2, -0.15) is 0 Å². The van der Waals surface area contributed by atoms with Crippen LogP contribution in [-0.2, 0) is 0 Å². The largest absolute Gasteiger partial charge is 0.338 e. The average molecular weight is 276 g/mol. The molecular weight excluding hydrogens is 252 g/mol. The predicted molar refractivity (Wildman–Crippen MR) is 80.3 cm³/mol. The van der Waals surface area contributed by atoms with Gasteiger partial charge in [0.1, 0.15) is 0 Å². The minimum atomic E-state index is -0.0100. The molecule has 0 aromatic carbocycles. The summed E-state index contributed by atoms with van der Waals surface area (Å²) in [4.78, 5) is 18.7. The van der Waals surface area contributed by atoms with Gasteiger partial charge in [0.25, 0.3) is 5.91 Å². The third kappa shape index (κ3) is 2.93. The molecule has 0 saturated heterocycles. The zero-order valence-corrected chi connectivity index (χ0v) is 12.5. The van der Waals surface area contributed by atoms with Crippen molar-refractivity contribution in [2.75, 3.05) is 12.5 Å². The molecule has 5 nitrogen and oxygen atoms in total. The van der Waals surface area contributed by atoms with Gasteiger partial charge in [0.05, 0.1) is 11.3 Å². The molecule has 1 amide bonds. The lowest BCUT2D eigenvalue weighted by molar-refractivity contribution is 0.0629. The first-order chi connectivity index (χ1) is 9.54. The maximum absolute atomic E-state index is 12.7. The number of nitrogen functional groups attached to an aromatic ring is 1. The topological polar surface area (TPSA) is 71.2 Å². The van der Waals surface area contributed by atoms with Gasteiger partial charge in [0, 0.05) is 25.0 Å². The van der Waals surface area contributed by atoms with E-state index in [2.05, 4.69) is 17.3 Å². The Morgan fingerprint density at radius 3 is 2.80 bits per heavy atom. The molecule has 1 fully saturated rings. The van der Waals surface area contributed by atoms with Crippen LogP contribution in [0.15, 0.2) is 12.3 Å². The van der Waals surface area contributed by atoms with E-state index in [0.717, 1.165) is 12.1 Å². The van der Waals surface area contributed by atoms with Crippen molar-refractivity contribution in [2.45, 2.75) is 45.6 Å². The van der Waals surface area contributed by atoms with Gasteiger partial charge in [-0.25, -0.2) is 0 Å². The Balaban J connectivity index is 2.22. The van der Waals surface area contributed by atoms with Crippen LogP contribution in [0.3, 0.4) is 0 Å². The molecule has 3 N–H and O–H groups in total. The van der Waals surface area contributed by atoms with Crippen LogP contribution < -0.4 is 11.3 Å². The second-order valence-electron chi connectivity index (χ2n) is 5.76. The SMILES string of the molecule is Cc1cc(NN)c(C(=O)N(C)C2CCCCC2C)cn1. The van der Waals surface area contributed by atoms with Crippen LogP contribution in [0.2, 0.25) is 0 Å². The summed E-state index contributed by atoms with van der Waals surface area (Å²) in [5.41, 5.74) is 4.61. The van der Waals surface area contributed by atoms with Gasteiger partial charge in [-0.05, 0) is 31.7 Å². The van der Waals surface area contributed by atoms with Crippen LogP contribution in [0.1, 0.15) is 48.7 Å². The molecule has 0 spiro atoms. The highest BCUT2D eigenvalue weighted by Crippen LogP contribution is 2.29. The van der Waals surface area contributed by atoms with Gasteiger partial charge in [-0.1, -0.05) is 19.8 Å². The Morgan fingerprint density at radius 2 is 2.15 bits per heavy atom. The molecule has 1 aliphatic rings. The maximum Gasteiger partial charge on any atom is 0.257 e. The zero-order valence-electron chi connectivity index (χ0n) is 12.5. The molecule has 0 radical (unpaired) electrons. The molecule has 1 aliphatic carbocycles. The highest BCUT2D eigenvalue weighted by molar-refractivity contribution is 5.99. The van der Waals surface area contributed by atoms with E-state index in [1.807, 2.05) is 18.9 Å². The van der Waals surface area contributed by atoms with Crippen molar-refractivity contribution in [2.24, 2.45) is 11.8 Å². The number of hydrogen-bond donors (Lipinski definition) is 2. The molecule has 1 aromatic heterocycles. The second kappa shape index (κ2) is 6.22. The Kier molecular flexibility index (Phi) is 4.60. The molecule has 0 bridgehead atoms. The van der Waals surface area contributed by atoms with Crippen molar-refractivity contribution in [3.63, 3.8) is 0 Å². The lowest BCUT2D eigenvalue weighted by Crippen LogP contribution is -2.43. The number of anilines is 1. The molecule has 1 aromatic rings. The highest BCUT2D eigenvalue weighted by atomic mass is 16.2. The number of carbonyl (C=O) groups excluding carboxylic acids is 1. The molecule has 5 heteroatoms. The summed E-state index contributed by atoms with van der Waals surface area (Å²) in [6, 6.07) is 2.11. The van der Waals surface area contributed by atoms with E-state index in [-0.39, 0.29) is 5.91 Å². The first-order valence-corrected chi connectivity index (χ1v) is 7.25. The Bertz CT molecular complexity index is 489. The molecular formula is C15H24N4O. The van der Waals surface area contributed by atoms with Crippen molar-refractivity contribution < 1.29 is 4.79 Å². The van der Waals surface area contributed by atoms with Crippen molar-refractivity contribution in [1.82, 2.24) is 9.88 Å². The highest BCUT2D eigenvalue weighted by Gasteiger charge is 2.29. The van der Waals surface area contributed by atoms with E-state index < -0.39 is 0 Å². The van der Waals surface area contributed by atoms with Crippen LogP contribution >= 0.6 is 0 Å². The number of nitrogens with one attached hydrogen (secondary N) is 1. The smallest absolute Gasteiger partial charge is 0.257 e. The first kappa shape index (κ1) is 14.8. The maximum atomic E-state index is 12.7. The molecule has 20 heavy (non-hydrogen) atoms. The summed E-state index contributed by atoms with van der Waals surface area (Å²) >= 11 is 0. The Hall–Kier alpha value is -1.62. The molecule has 2 rings (SSSR count). The van der Waals surface area contributed by atoms with Crippen LogP contribution in [0.5, 0.6) is 0 Å². The number of hydrogen-bond acceptors (Lipinski definition) is 4. The van der Waals surface area contributed by atoms with Crippen LogP contribution in [0, 0.1) is 12.8 Å². The number of aromatic nitrogens is 1. The number of rotatable bonds is 3. The van der Waals surface area contributed by atoms with Crippen molar-refractivity contribution in [3.8, 4) is 0 Å². The van der Waals surface area contributed by atoms with E-state index in [1.165, 1.54) is 19.3 Å². The van der Waals surface area contributed by atoms with Gasteiger partial charge in [0.15, 0.2) is 0 Å². The molecule has 1 saturated carbocycles. The summed E-state index contributed by atoms with van der Waals surface area (Å²) in [6.07, 6.45) is 6.34. The van der Waals surface area contributed by atoms with E-state index in [4.69, 9.17) is 5.84 Å². The van der Waals surface area contributed by atoms with Crippen molar-refractivity contribution in [3.05, 3.63) is 23.5 Å². The number of hydrazine groups is 1. The predicted octanol–water partition coefficient (Wildman–Crippen LogP) is 2.33. The second-order valence-corrected chi connectivity index (χ2v) is 5.76. The normalized spacial score (nSPS) is 22.4. The van der Waals surface area contributed by atoms with Gasteiger partial charge < -0.3 is 10.3 Å². The third-order valence-corrected chi connectivity index (χ3v) is 4.31. The summed E-state index contributed by atoms with van der Waals surface area (Å²) < 4.78 is 0. The average Bonchev–Trinajstić information content (AvgIpc) is 2.46. The quantitative estimate of drug-likeness (QED) is 0.656. The lowest BCUT2D eigenvalue weighted by Gasteiger charge is -2.36. The first-order valence-electron chi connectivity index (χ1n) is 7.25. The minimum absolute atomic E-state index is 0.0100. The summed E-state index contributed by atoms with van der Waals surface area (Å²) in [5.74, 6) is 6.05. The number of amides is 1. The number of nitrogens with two attached hydrogens (primary N) is 1. The monoisotopic (exact) mass is 276 g/mol. The number of nitrogens with zero attached hydrogens (tertiary/aromatic N) is 2. The molecule has 1 heterocycles. The van der Waals surface area contributed by atoms with E-state index in [0.29, 0.717) is 23.2 Å². The fraction of sp³-hybridized carbons (Fsp3) is 0.600. The van der Waals surface area contributed by atoms with Gasteiger partial charge in [0.2, 0.25) is 0 Å². The number of aryl methyl sites for hydroxylation is 1. The number of pyridine rings is 1. The Morgan fingerprint density at radius 1 is 1.45 bits per heavy atom. The summed E-state index contributed by atoms with van der Waals surface area (Å²) in [7, 11) is 1.88. The summed E-state index contributed by atoms with van der Waals surface area (Å²) in [5, 5.41) is 0. The molecule has 110 valence electrons. The molecule has 2 unspecified atom stereocenters. The van der Waals surface area contributed by atoms with E-state index in [1.54, 1.807) is 12.3 Å². The van der Waals surface area contributed by atoms with Crippen LogP contribution in [0.25, 0.3) is 0 Å². The summed E-state index contributed by atoms with van der Waals surface area (Å²) in [6.45, 7) is 4.10. The van der Waals surface area contributed by atoms with Crippen LogP contribution in [-0.4, -0.2) is 28.9 Å². The van der Waals surface area contributed by atoms with Crippen molar-refractivity contribution >= 4 is 11.6 Å². The zero-order chi connectivity index (χ0) is 14.7. The lowest BCUT2D eigenvalue weighted by atomic mass is 9.85. The van der Waals surface area contributed by atoms with Gasteiger partial charge in [-0.15, -0.1) is 0 Å².